The number of halogens is 3. The van der Waals surface area contributed by atoms with E-state index in [2.05, 4.69) is 44.5 Å². The van der Waals surface area contributed by atoms with E-state index < -0.39 is 24.0 Å². The van der Waals surface area contributed by atoms with Crippen molar-refractivity contribution in [2.45, 2.75) is 25.7 Å². The Labute approximate surface area is 219 Å². The zero-order chi connectivity index (χ0) is 28.3. The van der Waals surface area contributed by atoms with E-state index >= 15 is 0 Å². The van der Waals surface area contributed by atoms with Gasteiger partial charge in [0.2, 0.25) is 11.8 Å². The number of rotatable bonds is 5. The van der Waals surface area contributed by atoms with Gasteiger partial charge in [0.05, 0.1) is 12.2 Å². The summed E-state index contributed by atoms with van der Waals surface area (Å²) in [6.45, 7) is 3.97. The number of aromatic nitrogens is 3. The van der Waals surface area contributed by atoms with Gasteiger partial charge in [0, 0.05) is 57.4 Å². The van der Waals surface area contributed by atoms with Gasteiger partial charge in [0.1, 0.15) is 5.82 Å². The van der Waals surface area contributed by atoms with Crippen molar-refractivity contribution < 1.29 is 37.5 Å². The molecule has 0 saturated carbocycles. The van der Waals surface area contributed by atoms with Gasteiger partial charge in [-0.2, -0.15) is 13.2 Å². The summed E-state index contributed by atoms with van der Waals surface area (Å²) < 4.78 is 33.4. The highest BCUT2D eigenvalue weighted by atomic mass is 19.4. The van der Waals surface area contributed by atoms with E-state index in [9.17, 15) is 27.6 Å². The molecule has 2 aliphatic heterocycles. The predicted octanol–water partition coefficient (Wildman–Crippen LogP) is 1.40. The van der Waals surface area contributed by atoms with Crippen LogP contribution >= 0.6 is 0 Å². The number of benzene rings is 1. The molecular weight excluding hydrogens is 523 g/mol. The molecule has 1 fully saturated rings. The average Bonchev–Trinajstić information content (AvgIpc) is 3.52. The molecule has 1 aromatic carbocycles. The number of fused-ring (bicyclic) bond motifs is 2. The number of nitrogens with zero attached hydrogens (tertiary/aromatic N) is 4. The Bertz CT molecular complexity index is 1390. The fourth-order valence-corrected chi connectivity index (χ4v) is 4.55. The van der Waals surface area contributed by atoms with Gasteiger partial charge in [-0.05, 0) is 17.0 Å². The van der Waals surface area contributed by atoms with E-state index in [0.29, 0.717) is 25.5 Å². The molecule has 1 unspecified atom stereocenters. The standard InChI is InChI=1S/C22H25N7O3.C2HF3O2/c23-20(31)19-21-26-22(32)16(12-29(21)13-25-19)10-17(30)28-8-6-27(7-9-28)11-15-3-1-2-14-4-5-24-18(14)15;3-2(4,5)1(6)7/h1-5,13,16,24H,6-12H2,(H2,23,31)(H,26,32);(H,6,7). The van der Waals surface area contributed by atoms with Gasteiger partial charge in [-0.1, -0.05) is 18.2 Å². The molecule has 5 rings (SSSR count). The zero-order valence-corrected chi connectivity index (χ0v) is 20.6. The second-order valence-corrected chi connectivity index (χ2v) is 9.17. The Morgan fingerprint density at radius 3 is 2.46 bits per heavy atom. The molecule has 1 saturated heterocycles. The first-order valence-corrected chi connectivity index (χ1v) is 11.9. The molecule has 0 radical (unpaired) electrons. The van der Waals surface area contributed by atoms with Gasteiger partial charge < -0.3 is 30.6 Å². The van der Waals surface area contributed by atoms with Crippen LogP contribution in [0.3, 0.4) is 0 Å². The number of carbonyl (C=O) groups is 4. The molecule has 0 aliphatic carbocycles. The van der Waals surface area contributed by atoms with Crippen molar-refractivity contribution >= 4 is 40.4 Å². The maximum Gasteiger partial charge on any atom is 0.490 e. The molecule has 2 aromatic heterocycles. The number of carboxylic acid groups (broad SMARTS) is 1. The summed E-state index contributed by atoms with van der Waals surface area (Å²) in [5, 5.41) is 11.0. The first kappa shape index (κ1) is 27.6. The smallest absolute Gasteiger partial charge is 0.475 e. The Kier molecular flexibility index (Phi) is 7.90. The van der Waals surface area contributed by atoms with Crippen molar-refractivity contribution in [1.29, 1.82) is 0 Å². The van der Waals surface area contributed by atoms with Crippen molar-refractivity contribution in [2.75, 3.05) is 31.5 Å². The molecular formula is C24H26F3N7O5. The normalized spacial score (nSPS) is 17.7. The number of aromatic amines is 1. The van der Waals surface area contributed by atoms with E-state index in [4.69, 9.17) is 15.6 Å². The lowest BCUT2D eigenvalue weighted by atomic mass is 10.0. The number of hydrogen-bond acceptors (Lipinski definition) is 6. The van der Waals surface area contributed by atoms with Gasteiger partial charge in [0.15, 0.2) is 5.69 Å². The van der Waals surface area contributed by atoms with E-state index in [1.165, 1.54) is 17.3 Å². The van der Waals surface area contributed by atoms with E-state index in [1.807, 2.05) is 11.1 Å². The second kappa shape index (κ2) is 11.1. The number of primary amides is 1. The van der Waals surface area contributed by atoms with E-state index in [1.54, 1.807) is 4.57 Å². The average molecular weight is 550 g/mol. The minimum absolute atomic E-state index is 0.0324. The van der Waals surface area contributed by atoms with Gasteiger partial charge in [-0.15, -0.1) is 0 Å². The Morgan fingerprint density at radius 1 is 1.13 bits per heavy atom. The molecule has 4 heterocycles. The number of anilines is 1. The van der Waals surface area contributed by atoms with Crippen molar-refractivity contribution in [3.8, 4) is 0 Å². The molecule has 2 aliphatic rings. The molecule has 0 bridgehead atoms. The molecule has 208 valence electrons. The predicted molar refractivity (Wildman–Crippen MR) is 131 cm³/mol. The number of para-hydroxylation sites is 1. The number of nitrogens with one attached hydrogen (secondary N) is 2. The van der Waals surface area contributed by atoms with Gasteiger partial charge >= 0.3 is 12.1 Å². The summed E-state index contributed by atoms with van der Waals surface area (Å²) in [5.41, 5.74) is 7.73. The highest BCUT2D eigenvalue weighted by Gasteiger charge is 2.38. The third-order valence-electron chi connectivity index (χ3n) is 6.56. The summed E-state index contributed by atoms with van der Waals surface area (Å²) in [7, 11) is 0. The molecule has 5 N–H and O–H groups in total. The lowest BCUT2D eigenvalue weighted by Crippen LogP contribution is -2.49. The quantitative estimate of drug-likeness (QED) is 0.373. The van der Waals surface area contributed by atoms with Crippen molar-refractivity contribution in [1.82, 2.24) is 24.3 Å². The number of aliphatic carboxylic acids is 1. The maximum atomic E-state index is 12.9. The number of amides is 3. The first-order valence-electron chi connectivity index (χ1n) is 11.9. The molecule has 3 amide bonds. The zero-order valence-electron chi connectivity index (χ0n) is 20.6. The van der Waals surface area contributed by atoms with Crippen molar-refractivity contribution in [2.24, 2.45) is 11.7 Å². The molecule has 39 heavy (non-hydrogen) atoms. The fourth-order valence-electron chi connectivity index (χ4n) is 4.55. The Hall–Kier alpha value is -4.40. The highest BCUT2D eigenvalue weighted by molar-refractivity contribution is 6.03. The second-order valence-electron chi connectivity index (χ2n) is 9.17. The van der Waals surface area contributed by atoms with Crippen LogP contribution in [0.15, 0.2) is 36.8 Å². The van der Waals surface area contributed by atoms with Gasteiger partial charge in [-0.3, -0.25) is 19.3 Å². The molecule has 0 spiro atoms. The van der Waals surface area contributed by atoms with Crippen LogP contribution in [0.5, 0.6) is 0 Å². The molecule has 15 heteroatoms. The minimum Gasteiger partial charge on any atom is -0.475 e. The highest BCUT2D eigenvalue weighted by Crippen LogP contribution is 2.25. The maximum absolute atomic E-state index is 12.9. The van der Waals surface area contributed by atoms with Crippen LogP contribution in [0.25, 0.3) is 10.9 Å². The largest absolute Gasteiger partial charge is 0.490 e. The van der Waals surface area contributed by atoms with Crippen LogP contribution in [0.4, 0.5) is 19.0 Å². The van der Waals surface area contributed by atoms with Gasteiger partial charge in [-0.25, -0.2) is 9.78 Å². The van der Waals surface area contributed by atoms with Crippen LogP contribution in [0.2, 0.25) is 0 Å². The Balaban J connectivity index is 0.000000448. The number of H-pyrrole nitrogens is 1. The summed E-state index contributed by atoms with van der Waals surface area (Å²) in [4.78, 5) is 57.1. The van der Waals surface area contributed by atoms with Crippen molar-refractivity contribution in [3.63, 3.8) is 0 Å². The third-order valence-corrected chi connectivity index (χ3v) is 6.56. The summed E-state index contributed by atoms with van der Waals surface area (Å²) >= 11 is 0. The topological polar surface area (TPSA) is 167 Å². The number of piperazine rings is 1. The molecule has 3 aromatic rings. The van der Waals surface area contributed by atoms with E-state index in [-0.39, 0.29) is 23.9 Å². The van der Waals surface area contributed by atoms with Crippen LogP contribution < -0.4 is 11.1 Å². The summed E-state index contributed by atoms with van der Waals surface area (Å²) in [6, 6.07) is 8.36. The fraction of sp³-hybridized carbons (Fsp3) is 0.375. The number of hydrogen-bond donors (Lipinski definition) is 4. The number of carbonyl (C=O) groups excluding carboxylic acids is 3. The minimum atomic E-state index is -5.08. The Morgan fingerprint density at radius 2 is 1.82 bits per heavy atom. The van der Waals surface area contributed by atoms with Crippen LogP contribution in [0.1, 0.15) is 22.5 Å². The first-order chi connectivity index (χ1) is 18.4. The third kappa shape index (κ3) is 6.37. The molecule has 1 atom stereocenters. The van der Waals surface area contributed by atoms with Crippen LogP contribution in [0, 0.1) is 5.92 Å². The number of carboxylic acids is 1. The lowest BCUT2D eigenvalue weighted by Gasteiger charge is -2.35. The molecule has 12 nitrogen and oxygen atoms in total. The SMILES string of the molecule is NC(=O)c1ncn2c1NC(=O)C(CC(=O)N1CCN(Cc3cccc4cc[nH]c34)CC1)C2.O=C(O)C(F)(F)F. The van der Waals surface area contributed by atoms with Gasteiger partial charge in [0.25, 0.3) is 5.91 Å². The van der Waals surface area contributed by atoms with E-state index in [0.717, 1.165) is 25.2 Å². The number of alkyl halides is 3. The summed E-state index contributed by atoms with van der Waals surface area (Å²) in [6.07, 6.45) is -1.54. The lowest BCUT2D eigenvalue weighted by molar-refractivity contribution is -0.192. The number of imidazole rings is 1. The van der Waals surface area contributed by atoms with Crippen molar-refractivity contribution in [3.05, 3.63) is 48.0 Å². The monoisotopic (exact) mass is 549 g/mol. The number of nitrogens with two attached hydrogens (primary N) is 1. The van der Waals surface area contributed by atoms with Crippen LogP contribution in [-0.4, -0.2) is 85.5 Å². The van der Waals surface area contributed by atoms with Crippen LogP contribution in [-0.2, 0) is 27.5 Å². The summed E-state index contributed by atoms with van der Waals surface area (Å²) in [5.74, 6) is -3.97.